The Morgan fingerprint density at radius 3 is 1.89 bits per heavy atom. The Bertz CT molecular complexity index is 1240. The molecule has 0 fully saturated rings. The van der Waals surface area contributed by atoms with Crippen LogP contribution in [0.1, 0.15) is 11.1 Å². The van der Waals surface area contributed by atoms with Gasteiger partial charge in [-0.3, -0.25) is 0 Å². The number of hydrogen-bond donors (Lipinski definition) is 0. The minimum Gasteiger partial charge on any atom is -0.304 e. The third-order valence-corrected chi connectivity index (χ3v) is 5.06. The van der Waals surface area contributed by atoms with Gasteiger partial charge in [-0.1, -0.05) is 62.4 Å². The summed E-state index contributed by atoms with van der Waals surface area (Å²) in [6, 6.07) is 27.2. The third kappa shape index (κ3) is 2.86. The first-order valence-corrected chi connectivity index (χ1v) is 8.91. The number of pyridine rings is 1. The van der Waals surface area contributed by atoms with Crippen molar-refractivity contribution in [3.05, 3.63) is 90.1 Å². The molecule has 0 saturated heterocycles. The molecule has 1 nitrogen and oxygen atoms in total. The Morgan fingerprint density at radius 2 is 1.26 bits per heavy atom. The number of aryl methyl sites for hydroxylation is 2. The van der Waals surface area contributed by atoms with Gasteiger partial charge < -0.3 is 4.98 Å². The van der Waals surface area contributed by atoms with Gasteiger partial charge in [0.25, 0.3) is 0 Å². The number of benzene rings is 4. The summed E-state index contributed by atoms with van der Waals surface area (Å²) in [5.41, 5.74) is 4.45. The number of rotatable bonds is 1. The van der Waals surface area contributed by atoms with E-state index in [0.29, 0.717) is 0 Å². The van der Waals surface area contributed by atoms with E-state index < -0.39 is 0 Å². The summed E-state index contributed by atoms with van der Waals surface area (Å²) in [6.07, 6.45) is 1.92. The zero-order chi connectivity index (χ0) is 17.7. The van der Waals surface area contributed by atoms with Crippen LogP contribution in [0.3, 0.4) is 0 Å². The van der Waals surface area contributed by atoms with Gasteiger partial charge in [-0.2, -0.15) is 0 Å². The van der Waals surface area contributed by atoms with E-state index in [1.165, 1.54) is 37.9 Å². The molecule has 27 heavy (non-hydrogen) atoms. The molecule has 2 heteroatoms. The number of aromatic nitrogens is 1. The van der Waals surface area contributed by atoms with Crippen LogP contribution in [0.4, 0.5) is 0 Å². The molecule has 0 unspecified atom stereocenters. The monoisotopic (exact) mass is 525 g/mol. The maximum absolute atomic E-state index is 4.79. The summed E-state index contributed by atoms with van der Waals surface area (Å²) in [6.45, 7) is 4.22. The molecule has 1 aromatic heterocycles. The molecule has 0 spiro atoms. The fourth-order valence-electron chi connectivity index (χ4n) is 4.07. The van der Waals surface area contributed by atoms with Gasteiger partial charge in [-0.05, 0) is 44.1 Å². The van der Waals surface area contributed by atoms with Gasteiger partial charge in [0, 0.05) is 26.3 Å². The number of nitrogens with zero attached hydrogens (tertiary/aromatic N) is 1. The second-order valence-corrected chi connectivity index (χ2v) is 6.93. The summed E-state index contributed by atoms with van der Waals surface area (Å²) < 4.78 is 0. The van der Waals surface area contributed by atoms with Gasteiger partial charge in [0.05, 0.1) is 0 Å². The molecular weight excluding hydrogens is 506 g/mol. The predicted molar refractivity (Wildman–Crippen MR) is 111 cm³/mol. The van der Waals surface area contributed by atoms with E-state index in [1.807, 2.05) is 6.20 Å². The average Bonchev–Trinajstić information content (AvgIpc) is 2.67. The third-order valence-electron chi connectivity index (χ3n) is 5.06. The quantitative estimate of drug-likeness (QED) is 0.177. The Balaban J connectivity index is 0.00000180. The van der Waals surface area contributed by atoms with E-state index in [1.54, 1.807) is 0 Å². The average molecular weight is 525 g/mol. The Hall–Kier alpha value is -2.54. The summed E-state index contributed by atoms with van der Waals surface area (Å²) >= 11 is 0. The molecule has 0 bridgehead atoms. The summed E-state index contributed by atoms with van der Waals surface area (Å²) in [4.78, 5) is 4.79. The van der Waals surface area contributed by atoms with Crippen LogP contribution < -0.4 is 0 Å². The van der Waals surface area contributed by atoms with Crippen molar-refractivity contribution in [3.8, 4) is 11.3 Å². The molecule has 5 rings (SSSR count). The van der Waals surface area contributed by atoms with Gasteiger partial charge in [-0.15, -0.1) is 34.9 Å². The largest absolute Gasteiger partial charge is 0.304 e. The Morgan fingerprint density at radius 1 is 0.704 bits per heavy atom. The van der Waals surface area contributed by atoms with Crippen LogP contribution in [0.25, 0.3) is 43.6 Å². The summed E-state index contributed by atoms with van der Waals surface area (Å²) in [5, 5.41) is 7.54. The SMILES string of the molecule is Cc1[c-]c(-c2nccc3c4ccccc4c4ccccc4c23)cc(C)c1.[Ir]. The number of fused-ring (bicyclic) bond motifs is 6. The zero-order valence-corrected chi connectivity index (χ0v) is 17.6. The van der Waals surface area contributed by atoms with E-state index in [4.69, 9.17) is 4.98 Å². The van der Waals surface area contributed by atoms with Crippen molar-refractivity contribution in [1.29, 1.82) is 0 Å². The van der Waals surface area contributed by atoms with Crippen molar-refractivity contribution in [2.75, 3.05) is 0 Å². The molecule has 5 aromatic rings. The van der Waals surface area contributed by atoms with Crippen LogP contribution in [0, 0.1) is 19.9 Å². The van der Waals surface area contributed by atoms with Crippen LogP contribution in [-0.4, -0.2) is 4.98 Å². The van der Waals surface area contributed by atoms with Crippen molar-refractivity contribution >= 4 is 32.3 Å². The van der Waals surface area contributed by atoms with Crippen molar-refractivity contribution < 1.29 is 20.1 Å². The molecule has 0 N–H and O–H groups in total. The van der Waals surface area contributed by atoms with E-state index in [-0.39, 0.29) is 20.1 Å². The minimum atomic E-state index is 0. The molecule has 1 heterocycles. The number of hydrogen-bond acceptors (Lipinski definition) is 1. The second-order valence-electron chi connectivity index (χ2n) is 6.93. The summed E-state index contributed by atoms with van der Waals surface area (Å²) in [7, 11) is 0. The fourth-order valence-corrected chi connectivity index (χ4v) is 4.07. The van der Waals surface area contributed by atoms with Crippen LogP contribution in [0.15, 0.2) is 72.9 Å². The van der Waals surface area contributed by atoms with Crippen LogP contribution >= 0.6 is 0 Å². The maximum Gasteiger partial charge on any atom is 0.0167 e. The van der Waals surface area contributed by atoms with Crippen molar-refractivity contribution in [2.24, 2.45) is 0 Å². The Labute approximate surface area is 172 Å². The van der Waals surface area contributed by atoms with Crippen LogP contribution in [0.2, 0.25) is 0 Å². The molecular formula is C25H18IrN-. The van der Waals surface area contributed by atoms with Crippen molar-refractivity contribution in [2.45, 2.75) is 13.8 Å². The van der Waals surface area contributed by atoms with Crippen molar-refractivity contribution in [3.63, 3.8) is 0 Å². The molecule has 0 atom stereocenters. The molecule has 0 amide bonds. The molecule has 4 aromatic carbocycles. The standard InChI is InChI=1S/C25H18N.Ir/c1-16-13-17(2)15-18(14-16)25-24-22-10-6-5-8-20(22)19-7-3-4-9-21(19)23(24)11-12-26-25;/h3-14H,1-2H3;/q-1;. The first-order valence-electron chi connectivity index (χ1n) is 8.91. The summed E-state index contributed by atoms with van der Waals surface area (Å²) in [5.74, 6) is 0. The van der Waals surface area contributed by atoms with Gasteiger partial charge in [0.2, 0.25) is 0 Å². The Kier molecular flexibility index (Phi) is 4.55. The van der Waals surface area contributed by atoms with E-state index in [0.717, 1.165) is 16.8 Å². The smallest absolute Gasteiger partial charge is 0.0167 e. The molecule has 0 aliphatic rings. The topological polar surface area (TPSA) is 12.9 Å². The van der Waals surface area contributed by atoms with E-state index in [9.17, 15) is 0 Å². The van der Waals surface area contributed by atoms with Gasteiger partial charge in [0.1, 0.15) is 0 Å². The second kappa shape index (κ2) is 6.88. The van der Waals surface area contributed by atoms with Gasteiger partial charge in [0.15, 0.2) is 0 Å². The van der Waals surface area contributed by atoms with E-state index in [2.05, 4.69) is 86.6 Å². The normalized spacial score (nSPS) is 11.0. The molecule has 0 aliphatic carbocycles. The molecule has 0 aliphatic heterocycles. The van der Waals surface area contributed by atoms with Crippen molar-refractivity contribution in [1.82, 2.24) is 4.98 Å². The zero-order valence-electron chi connectivity index (χ0n) is 15.2. The van der Waals surface area contributed by atoms with Gasteiger partial charge >= 0.3 is 0 Å². The molecule has 0 saturated carbocycles. The van der Waals surface area contributed by atoms with Gasteiger partial charge in [-0.25, -0.2) is 0 Å². The first-order chi connectivity index (χ1) is 12.7. The molecule has 1 radical (unpaired) electrons. The predicted octanol–water partition coefficient (Wildman–Crippen LogP) is 6.62. The van der Waals surface area contributed by atoms with E-state index >= 15 is 0 Å². The minimum absolute atomic E-state index is 0. The fraction of sp³-hybridized carbons (Fsp3) is 0.0800. The molecule has 133 valence electrons. The maximum atomic E-state index is 4.79. The first kappa shape index (κ1) is 17.9. The van der Waals surface area contributed by atoms with Crippen LogP contribution in [0.5, 0.6) is 0 Å². The van der Waals surface area contributed by atoms with Crippen LogP contribution in [-0.2, 0) is 20.1 Å².